The predicted molar refractivity (Wildman–Crippen MR) is 108 cm³/mol. The van der Waals surface area contributed by atoms with Gasteiger partial charge in [-0.15, -0.1) is 0 Å². The second-order valence-corrected chi connectivity index (χ2v) is 7.82. The summed E-state index contributed by atoms with van der Waals surface area (Å²) in [5.41, 5.74) is 3.41. The maximum atomic E-state index is 12.5. The number of aryl methyl sites for hydroxylation is 2. The topological polar surface area (TPSA) is 68.2 Å². The highest BCUT2D eigenvalue weighted by atomic mass is 16.5. The molecule has 6 heteroatoms. The van der Waals surface area contributed by atoms with E-state index in [2.05, 4.69) is 38.6 Å². The number of aromatic nitrogens is 2. The average molecular weight is 383 g/mol. The molecule has 1 amide bonds. The van der Waals surface area contributed by atoms with Crippen LogP contribution in [0, 0.1) is 0 Å². The van der Waals surface area contributed by atoms with E-state index in [0.717, 1.165) is 51.0 Å². The van der Waals surface area contributed by atoms with E-state index in [1.54, 1.807) is 0 Å². The van der Waals surface area contributed by atoms with Crippen molar-refractivity contribution in [3.8, 4) is 0 Å². The number of amides is 1. The van der Waals surface area contributed by atoms with Gasteiger partial charge in [0.1, 0.15) is 0 Å². The van der Waals surface area contributed by atoms with Crippen molar-refractivity contribution in [2.24, 2.45) is 0 Å². The molecule has 1 aromatic carbocycles. The van der Waals surface area contributed by atoms with Crippen molar-refractivity contribution in [1.82, 2.24) is 20.4 Å². The summed E-state index contributed by atoms with van der Waals surface area (Å²) in [6, 6.07) is 12.5. The molecule has 0 bridgehead atoms. The van der Waals surface area contributed by atoms with Crippen molar-refractivity contribution in [2.45, 2.75) is 70.4 Å². The monoisotopic (exact) mass is 382 g/mol. The van der Waals surface area contributed by atoms with Crippen LogP contribution in [0.4, 0.5) is 0 Å². The highest BCUT2D eigenvalue weighted by Gasteiger charge is 2.29. The summed E-state index contributed by atoms with van der Waals surface area (Å²) in [5.74, 6) is 0.0986. The lowest BCUT2D eigenvalue weighted by Gasteiger charge is -2.21. The number of carbonyl (C=O) groups is 1. The lowest BCUT2D eigenvalue weighted by molar-refractivity contribution is -0.122. The third-order valence-electron chi connectivity index (χ3n) is 5.66. The molecule has 2 aliphatic rings. The molecule has 0 spiro atoms. The first-order valence-electron chi connectivity index (χ1n) is 10.5. The van der Waals surface area contributed by atoms with Gasteiger partial charge in [0, 0.05) is 25.9 Å². The maximum Gasteiger partial charge on any atom is 0.220 e. The van der Waals surface area contributed by atoms with Gasteiger partial charge in [-0.05, 0) is 43.9 Å². The molecule has 2 aromatic rings. The smallest absolute Gasteiger partial charge is 0.220 e. The Labute approximate surface area is 166 Å². The molecule has 2 N–H and O–H groups in total. The van der Waals surface area contributed by atoms with E-state index in [1.165, 1.54) is 11.3 Å². The molecule has 150 valence electrons. The number of carbonyl (C=O) groups excluding carboxylic acids is 1. The minimum Gasteiger partial charge on any atom is -0.371 e. The van der Waals surface area contributed by atoms with Crippen LogP contribution in [0.2, 0.25) is 0 Å². The van der Waals surface area contributed by atoms with Gasteiger partial charge in [-0.25, -0.2) is 0 Å². The van der Waals surface area contributed by atoms with Crippen LogP contribution in [0.3, 0.4) is 0 Å². The molecule has 4 rings (SSSR count). The standard InChI is InChI=1S/C22H30N4O2/c27-22(11-10-18-14-19-15-23-12-5-13-26(19)25-18)24-20-8-4-9-21(20)28-16-17-6-2-1-3-7-17/h1-3,6-7,14,20-21,23H,4-5,8-13,15-16H2,(H,24,27)/t20-,21-/m1/s1. The number of hydrogen-bond donors (Lipinski definition) is 2. The van der Waals surface area contributed by atoms with Gasteiger partial charge < -0.3 is 15.4 Å². The Balaban J connectivity index is 1.24. The summed E-state index contributed by atoms with van der Waals surface area (Å²) >= 11 is 0. The molecule has 2 atom stereocenters. The number of benzene rings is 1. The Morgan fingerprint density at radius 3 is 3.04 bits per heavy atom. The largest absolute Gasteiger partial charge is 0.371 e. The average Bonchev–Trinajstić information content (AvgIpc) is 3.26. The highest BCUT2D eigenvalue weighted by Crippen LogP contribution is 2.23. The summed E-state index contributed by atoms with van der Waals surface area (Å²) < 4.78 is 8.18. The minimum atomic E-state index is 0.0986. The number of fused-ring (bicyclic) bond motifs is 1. The molecular formula is C22H30N4O2. The maximum absolute atomic E-state index is 12.5. The van der Waals surface area contributed by atoms with E-state index in [1.807, 2.05) is 18.2 Å². The molecule has 0 radical (unpaired) electrons. The third kappa shape index (κ3) is 5.00. The molecule has 1 aromatic heterocycles. The molecule has 1 aliphatic carbocycles. The van der Waals surface area contributed by atoms with Crippen molar-refractivity contribution in [3.05, 3.63) is 53.3 Å². The summed E-state index contributed by atoms with van der Waals surface area (Å²) in [4.78, 5) is 12.5. The SMILES string of the molecule is O=C(CCc1cc2n(n1)CCCNC2)N[C@@H]1CCC[C@H]1OCc1ccccc1. The van der Waals surface area contributed by atoms with Crippen LogP contribution in [-0.2, 0) is 35.6 Å². The molecule has 0 saturated heterocycles. The van der Waals surface area contributed by atoms with Gasteiger partial charge >= 0.3 is 0 Å². The van der Waals surface area contributed by atoms with Gasteiger partial charge in [-0.2, -0.15) is 5.10 Å². The van der Waals surface area contributed by atoms with Gasteiger partial charge in [0.15, 0.2) is 0 Å². The predicted octanol–water partition coefficient (Wildman–Crippen LogP) is 2.56. The van der Waals surface area contributed by atoms with Crippen LogP contribution in [0.1, 0.15) is 49.1 Å². The first-order chi connectivity index (χ1) is 13.8. The quantitative estimate of drug-likeness (QED) is 0.772. The number of nitrogens with zero attached hydrogens (tertiary/aromatic N) is 2. The lowest BCUT2D eigenvalue weighted by atomic mass is 10.1. The van der Waals surface area contributed by atoms with Gasteiger partial charge in [0.25, 0.3) is 0 Å². The zero-order valence-electron chi connectivity index (χ0n) is 16.4. The number of rotatable bonds is 7. The Kier molecular flexibility index (Phi) is 6.39. The molecule has 2 heterocycles. The van der Waals surface area contributed by atoms with E-state index in [-0.39, 0.29) is 18.1 Å². The molecular weight excluding hydrogens is 352 g/mol. The fourth-order valence-electron chi connectivity index (χ4n) is 4.13. The fourth-order valence-corrected chi connectivity index (χ4v) is 4.13. The second kappa shape index (κ2) is 9.34. The molecule has 1 fully saturated rings. The Morgan fingerprint density at radius 2 is 2.14 bits per heavy atom. The van der Waals surface area contributed by atoms with E-state index in [4.69, 9.17) is 4.74 Å². The zero-order valence-corrected chi connectivity index (χ0v) is 16.4. The highest BCUT2D eigenvalue weighted by molar-refractivity contribution is 5.76. The Morgan fingerprint density at radius 1 is 1.25 bits per heavy atom. The van der Waals surface area contributed by atoms with E-state index < -0.39 is 0 Å². The van der Waals surface area contributed by atoms with Crippen LogP contribution in [0.15, 0.2) is 36.4 Å². The molecule has 1 aliphatic heterocycles. The van der Waals surface area contributed by atoms with Crippen LogP contribution >= 0.6 is 0 Å². The number of nitrogens with one attached hydrogen (secondary N) is 2. The van der Waals surface area contributed by atoms with Crippen molar-refractivity contribution < 1.29 is 9.53 Å². The summed E-state index contributed by atoms with van der Waals surface area (Å²) in [7, 11) is 0. The normalized spacial score (nSPS) is 21.9. The summed E-state index contributed by atoms with van der Waals surface area (Å²) in [5, 5.41) is 11.3. The van der Waals surface area contributed by atoms with Crippen LogP contribution < -0.4 is 10.6 Å². The molecule has 1 saturated carbocycles. The first kappa shape index (κ1) is 19.2. The van der Waals surface area contributed by atoms with Gasteiger partial charge in [-0.1, -0.05) is 30.3 Å². The van der Waals surface area contributed by atoms with Crippen molar-refractivity contribution >= 4 is 5.91 Å². The van der Waals surface area contributed by atoms with Crippen LogP contribution in [-0.4, -0.2) is 34.4 Å². The Bertz CT molecular complexity index is 751. The van der Waals surface area contributed by atoms with E-state index >= 15 is 0 Å². The first-order valence-corrected chi connectivity index (χ1v) is 10.5. The van der Waals surface area contributed by atoms with Gasteiger partial charge in [-0.3, -0.25) is 9.48 Å². The van der Waals surface area contributed by atoms with E-state index in [9.17, 15) is 4.79 Å². The van der Waals surface area contributed by atoms with Crippen molar-refractivity contribution in [1.29, 1.82) is 0 Å². The minimum absolute atomic E-state index is 0.0986. The lowest BCUT2D eigenvalue weighted by Crippen LogP contribution is -2.41. The van der Waals surface area contributed by atoms with Gasteiger partial charge in [0.2, 0.25) is 5.91 Å². The van der Waals surface area contributed by atoms with Crippen LogP contribution in [0.25, 0.3) is 0 Å². The molecule has 6 nitrogen and oxygen atoms in total. The Hall–Kier alpha value is -2.18. The zero-order chi connectivity index (χ0) is 19.2. The molecule has 28 heavy (non-hydrogen) atoms. The van der Waals surface area contributed by atoms with Crippen LogP contribution in [0.5, 0.6) is 0 Å². The summed E-state index contributed by atoms with van der Waals surface area (Å²) in [6.45, 7) is 3.46. The van der Waals surface area contributed by atoms with Crippen molar-refractivity contribution in [3.63, 3.8) is 0 Å². The van der Waals surface area contributed by atoms with Gasteiger partial charge in [0.05, 0.1) is 30.1 Å². The molecule has 0 unspecified atom stereocenters. The number of ether oxygens (including phenoxy) is 1. The van der Waals surface area contributed by atoms with E-state index in [0.29, 0.717) is 19.4 Å². The second-order valence-electron chi connectivity index (χ2n) is 7.82. The third-order valence-corrected chi connectivity index (χ3v) is 5.66. The summed E-state index contributed by atoms with van der Waals surface area (Å²) in [6.07, 6.45) is 5.48. The fraction of sp³-hybridized carbons (Fsp3) is 0.545. The van der Waals surface area contributed by atoms with Crippen molar-refractivity contribution in [2.75, 3.05) is 6.54 Å². The number of hydrogen-bond acceptors (Lipinski definition) is 4.